The number of halogens is 1. The second-order valence-electron chi connectivity index (χ2n) is 5.33. The Bertz CT molecular complexity index is 897. The van der Waals surface area contributed by atoms with Crippen LogP contribution < -0.4 is 10.9 Å². The number of aryl methyl sites for hydroxylation is 1. The maximum Gasteiger partial charge on any atom is 0.248 e. The van der Waals surface area contributed by atoms with Gasteiger partial charge in [-0.25, -0.2) is 0 Å². The van der Waals surface area contributed by atoms with Crippen LogP contribution in [0.1, 0.15) is 12.3 Å². The van der Waals surface area contributed by atoms with Gasteiger partial charge in [0.25, 0.3) is 0 Å². The summed E-state index contributed by atoms with van der Waals surface area (Å²) >= 11 is 8.66. The minimum absolute atomic E-state index is 0.122. The zero-order valence-electron chi connectivity index (χ0n) is 14.0. The molecule has 0 aliphatic carbocycles. The number of carbonyl (C=O) groups excluding carboxylic acids is 2. The monoisotopic (exact) mass is 422 g/mol. The lowest BCUT2D eigenvalue weighted by Gasteiger charge is -2.06. The van der Waals surface area contributed by atoms with Crippen molar-refractivity contribution >= 4 is 46.5 Å². The highest BCUT2D eigenvalue weighted by Crippen LogP contribution is 2.21. The SMILES string of the molecule is O=C(CCc1nc(-c2cccs2)no1)NNC(=O)CSc1ccc(Cl)cc1. The Balaban J connectivity index is 1.35. The summed E-state index contributed by atoms with van der Waals surface area (Å²) in [6, 6.07) is 11.0. The van der Waals surface area contributed by atoms with Crippen LogP contribution in [0.15, 0.2) is 51.2 Å². The van der Waals surface area contributed by atoms with Gasteiger partial charge in [-0.3, -0.25) is 20.4 Å². The number of amides is 2. The maximum atomic E-state index is 11.8. The molecule has 2 amide bonds. The van der Waals surface area contributed by atoms with Gasteiger partial charge in [-0.05, 0) is 35.7 Å². The molecule has 2 N–H and O–H groups in total. The van der Waals surface area contributed by atoms with Crippen LogP contribution in [0.3, 0.4) is 0 Å². The first-order valence-corrected chi connectivity index (χ1v) is 10.2. The van der Waals surface area contributed by atoms with Gasteiger partial charge in [-0.1, -0.05) is 22.8 Å². The van der Waals surface area contributed by atoms with Crippen LogP contribution in [0.2, 0.25) is 5.02 Å². The van der Waals surface area contributed by atoms with Crippen molar-refractivity contribution in [3.8, 4) is 10.7 Å². The molecule has 0 saturated heterocycles. The Morgan fingerprint density at radius 2 is 1.93 bits per heavy atom. The molecule has 0 aliphatic rings. The number of nitrogens with one attached hydrogen (secondary N) is 2. The first kappa shape index (κ1) is 19.4. The largest absolute Gasteiger partial charge is 0.339 e. The second kappa shape index (κ2) is 9.54. The third kappa shape index (κ3) is 6.09. The predicted octanol–water partition coefficient (Wildman–Crippen LogP) is 3.32. The highest BCUT2D eigenvalue weighted by molar-refractivity contribution is 8.00. The number of thioether (sulfide) groups is 1. The summed E-state index contributed by atoms with van der Waals surface area (Å²) in [5.41, 5.74) is 4.75. The minimum Gasteiger partial charge on any atom is -0.339 e. The number of aromatic nitrogens is 2. The molecule has 2 aromatic heterocycles. The predicted molar refractivity (Wildman–Crippen MR) is 104 cm³/mol. The van der Waals surface area contributed by atoms with E-state index in [2.05, 4.69) is 21.0 Å². The molecule has 0 fully saturated rings. The van der Waals surface area contributed by atoms with Crippen molar-refractivity contribution < 1.29 is 14.1 Å². The number of carbonyl (C=O) groups is 2. The van der Waals surface area contributed by atoms with Crippen LogP contribution in [0.25, 0.3) is 10.7 Å². The van der Waals surface area contributed by atoms with E-state index < -0.39 is 0 Å². The Morgan fingerprint density at radius 3 is 2.67 bits per heavy atom. The molecule has 0 saturated carbocycles. The topological polar surface area (TPSA) is 97.1 Å². The second-order valence-corrected chi connectivity index (χ2v) is 7.76. The molecule has 3 aromatic rings. The lowest BCUT2D eigenvalue weighted by molar-refractivity contribution is -0.127. The van der Waals surface area contributed by atoms with Crippen molar-refractivity contribution in [1.82, 2.24) is 21.0 Å². The molecule has 1 aromatic carbocycles. The van der Waals surface area contributed by atoms with Crippen LogP contribution >= 0.6 is 34.7 Å². The van der Waals surface area contributed by atoms with Gasteiger partial charge >= 0.3 is 0 Å². The highest BCUT2D eigenvalue weighted by atomic mass is 35.5. The van der Waals surface area contributed by atoms with E-state index >= 15 is 0 Å². The summed E-state index contributed by atoms with van der Waals surface area (Å²) in [7, 11) is 0. The summed E-state index contributed by atoms with van der Waals surface area (Å²) in [4.78, 5) is 29.7. The Labute approximate surface area is 168 Å². The summed E-state index contributed by atoms with van der Waals surface area (Å²) in [5, 5.41) is 6.44. The summed E-state index contributed by atoms with van der Waals surface area (Å²) in [6.45, 7) is 0. The van der Waals surface area contributed by atoms with Gasteiger partial charge in [0.15, 0.2) is 0 Å². The molecule has 7 nitrogen and oxygen atoms in total. The molecule has 0 unspecified atom stereocenters. The van der Waals surface area contributed by atoms with Crippen LogP contribution in [-0.4, -0.2) is 27.7 Å². The van der Waals surface area contributed by atoms with Gasteiger partial charge in [0.2, 0.25) is 23.5 Å². The molecular formula is C17H15ClN4O3S2. The molecule has 0 radical (unpaired) electrons. The van der Waals surface area contributed by atoms with E-state index in [4.69, 9.17) is 16.1 Å². The normalized spacial score (nSPS) is 10.6. The van der Waals surface area contributed by atoms with E-state index in [1.165, 1.54) is 23.1 Å². The quantitative estimate of drug-likeness (QED) is 0.447. The fourth-order valence-electron chi connectivity index (χ4n) is 2.00. The fourth-order valence-corrected chi connectivity index (χ4v) is 3.47. The molecule has 0 aliphatic heterocycles. The molecule has 2 heterocycles. The first-order chi connectivity index (χ1) is 13.1. The number of hydrazine groups is 1. The van der Waals surface area contributed by atoms with Gasteiger partial charge in [-0.2, -0.15) is 4.98 Å². The minimum atomic E-state index is -0.337. The molecule has 10 heteroatoms. The van der Waals surface area contributed by atoms with E-state index in [1.54, 1.807) is 12.1 Å². The lowest BCUT2D eigenvalue weighted by Crippen LogP contribution is -2.42. The standard InChI is InChI=1S/C17H15ClN4O3S2/c18-11-3-5-12(6-4-11)27-10-15(24)21-20-14(23)7-8-16-19-17(22-25-16)13-2-1-9-26-13/h1-6,9H,7-8,10H2,(H,20,23)(H,21,24). The van der Waals surface area contributed by atoms with Crippen LogP contribution in [0.5, 0.6) is 0 Å². The zero-order chi connectivity index (χ0) is 19.1. The summed E-state index contributed by atoms with van der Waals surface area (Å²) < 4.78 is 5.13. The number of rotatable bonds is 7. The third-order valence-corrected chi connectivity index (χ3v) is 5.43. The number of hydrogen-bond donors (Lipinski definition) is 2. The number of thiophene rings is 1. The molecule has 0 bridgehead atoms. The van der Waals surface area contributed by atoms with Crippen molar-refractivity contribution in [3.05, 3.63) is 52.7 Å². The first-order valence-electron chi connectivity index (χ1n) is 7.92. The van der Waals surface area contributed by atoms with E-state index in [9.17, 15) is 9.59 Å². The summed E-state index contributed by atoms with van der Waals surface area (Å²) in [6.07, 6.45) is 0.413. The van der Waals surface area contributed by atoms with Gasteiger partial charge in [-0.15, -0.1) is 23.1 Å². The number of benzene rings is 1. The maximum absolute atomic E-state index is 11.8. The average molecular weight is 423 g/mol. The molecule has 3 rings (SSSR count). The third-order valence-electron chi connectivity index (χ3n) is 3.30. The smallest absolute Gasteiger partial charge is 0.248 e. The lowest BCUT2D eigenvalue weighted by atomic mass is 10.3. The van der Waals surface area contributed by atoms with Crippen LogP contribution in [-0.2, 0) is 16.0 Å². The van der Waals surface area contributed by atoms with E-state index in [0.29, 0.717) is 23.2 Å². The van der Waals surface area contributed by atoms with Gasteiger partial charge in [0.05, 0.1) is 10.6 Å². The van der Waals surface area contributed by atoms with Crippen molar-refractivity contribution in [2.75, 3.05) is 5.75 Å². The molecule has 140 valence electrons. The zero-order valence-corrected chi connectivity index (χ0v) is 16.4. The Morgan fingerprint density at radius 1 is 1.15 bits per heavy atom. The molecule has 27 heavy (non-hydrogen) atoms. The van der Waals surface area contributed by atoms with Crippen molar-refractivity contribution in [1.29, 1.82) is 0 Å². The van der Waals surface area contributed by atoms with E-state index in [-0.39, 0.29) is 24.0 Å². The van der Waals surface area contributed by atoms with Gasteiger partial charge < -0.3 is 4.52 Å². The van der Waals surface area contributed by atoms with E-state index in [0.717, 1.165) is 9.77 Å². The van der Waals surface area contributed by atoms with Crippen LogP contribution in [0, 0.1) is 0 Å². The molecular weight excluding hydrogens is 408 g/mol. The number of hydrogen-bond acceptors (Lipinski definition) is 7. The highest BCUT2D eigenvalue weighted by Gasteiger charge is 2.12. The van der Waals surface area contributed by atoms with Crippen LogP contribution in [0.4, 0.5) is 0 Å². The molecule has 0 spiro atoms. The van der Waals surface area contributed by atoms with Crippen molar-refractivity contribution in [2.24, 2.45) is 0 Å². The fraction of sp³-hybridized carbons (Fsp3) is 0.176. The number of nitrogens with zero attached hydrogens (tertiary/aromatic N) is 2. The molecule has 0 atom stereocenters. The van der Waals surface area contributed by atoms with E-state index in [1.807, 2.05) is 29.6 Å². The average Bonchev–Trinajstić information content (AvgIpc) is 3.35. The summed E-state index contributed by atoms with van der Waals surface area (Å²) in [5.74, 6) is 0.415. The Kier molecular flexibility index (Phi) is 6.86. The van der Waals surface area contributed by atoms with Gasteiger partial charge in [0, 0.05) is 22.8 Å². The van der Waals surface area contributed by atoms with Crippen molar-refractivity contribution in [2.45, 2.75) is 17.7 Å². The Hall–Kier alpha value is -2.36. The van der Waals surface area contributed by atoms with Crippen molar-refractivity contribution in [3.63, 3.8) is 0 Å². The van der Waals surface area contributed by atoms with Gasteiger partial charge in [0.1, 0.15) is 0 Å².